The normalized spacial score (nSPS) is 12.2. The van der Waals surface area contributed by atoms with Crippen LogP contribution < -0.4 is 5.32 Å². The summed E-state index contributed by atoms with van der Waals surface area (Å²) in [5, 5.41) is 8.41. The molecule has 0 aliphatic carbocycles. The Hall–Kier alpha value is -3.34. The van der Waals surface area contributed by atoms with E-state index in [1.807, 2.05) is 31.2 Å². The number of hydrogen-bond donors (Lipinski definition) is 2. The minimum Gasteiger partial charge on any atom is -0.354 e. The fourth-order valence-corrected chi connectivity index (χ4v) is 3.65. The summed E-state index contributed by atoms with van der Waals surface area (Å²) in [7, 11) is 0. The minimum atomic E-state index is -0.347. The highest BCUT2D eigenvalue weighted by Gasteiger charge is 2.17. The van der Waals surface area contributed by atoms with E-state index < -0.39 is 0 Å². The van der Waals surface area contributed by atoms with Crippen LogP contribution in [0.2, 0.25) is 0 Å². The monoisotopic (exact) mass is 372 g/mol. The van der Waals surface area contributed by atoms with Crippen molar-refractivity contribution in [2.24, 2.45) is 0 Å². The maximum absolute atomic E-state index is 12.5. The van der Waals surface area contributed by atoms with Gasteiger partial charge in [-0.25, -0.2) is 0 Å². The quantitative estimate of drug-likeness (QED) is 0.541. The number of nitrogens with zero attached hydrogens (tertiary/aromatic N) is 2. The third-order valence-corrected chi connectivity index (χ3v) is 5.21. The van der Waals surface area contributed by atoms with Crippen molar-refractivity contribution in [2.75, 3.05) is 0 Å². The number of amides is 1. The second-order valence-corrected chi connectivity index (χ2v) is 7.22. The summed E-state index contributed by atoms with van der Waals surface area (Å²) in [5.74, 6) is -0.0510. The standard InChI is InChI=1S/C23H24N4O/c1-15-12-19(14-24-23(28)17(3)27-11-7-10-25-27)22-20(13-15)16(2)21(26-22)18-8-5-4-6-9-18/h4-13,17,26H,14H2,1-3H3,(H,24,28)/t17-/m0/s1. The first-order chi connectivity index (χ1) is 13.5. The van der Waals surface area contributed by atoms with Crippen LogP contribution in [0.25, 0.3) is 22.2 Å². The average Bonchev–Trinajstić information content (AvgIpc) is 3.35. The Labute approximate surface area is 164 Å². The van der Waals surface area contributed by atoms with E-state index in [-0.39, 0.29) is 11.9 Å². The van der Waals surface area contributed by atoms with Gasteiger partial charge in [0.15, 0.2) is 0 Å². The Morgan fingerprint density at radius 3 is 2.68 bits per heavy atom. The summed E-state index contributed by atoms with van der Waals surface area (Å²) < 4.78 is 1.66. The predicted octanol–water partition coefficient (Wildman–Crippen LogP) is 4.53. The van der Waals surface area contributed by atoms with Crippen LogP contribution in [0, 0.1) is 13.8 Å². The first-order valence-corrected chi connectivity index (χ1v) is 9.48. The van der Waals surface area contributed by atoms with Crippen LogP contribution in [-0.2, 0) is 11.3 Å². The molecule has 0 radical (unpaired) electrons. The van der Waals surface area contributed by atoms with Crippen molar-refractivity contribution in [3.05, 3.63) is 77.6 Å². The highest BCUT2D eigenvalue weighted by atomic mass is 16.2. The Morgan fingerprint density at radius 2 is 1.96 bits per heavy atom. The fraction of sp³-hybridized carbons (Fsp3) is 0.217. The third kappa shape index (κ3) is 3.31. The van der Waals surface area contributed by atoms with Gasteiger partial charge < -0.3 is 10.3 Å². The molecule has 1 amide bonds. The third-order valence-electron chi connectivity index (χ3n) is 5.21. The molecule has 2 heterocycles. The lowest BCUT2D eigenvalue weighted by molar-refractivity contribution is -0.124. The molecule has 1 atom stereocenters. The molecule has 4 aromatic rings. The summed E-state index contributed by atoms with van der Waals surface area (Å²) >= 11 is 0. The molecule has 0 aliphatic heterocycles. The molecule has 0 aliphatic rings. The second kappa shape index (κ2) is 7.35. The summed E-state index contributed by atoms with van der Waals surface area (Å²) in [6.45, 7) is 6.55. The predicted molar refractivity (Wildman–Crippen MR) is 112 cm³/mol. The number of aryl methyl sites for hydroxylation is 2. The van der Waals surface area contributed by atoms with Crippen LogP contribution in [0.3, 0.4) is 0 Å². The van der Waals surface area contributed by atoms with Crippen molar-refractivity contribution >= 4 is 16.8 Å². The van der Waals surface area contributed by atoms with Gasteiger partial charge in [-0.05, 0) is 49.6 Å². The fourth-order valence-electron chi connectivity index (χ4n) is 3.65. The molecule has 0 spiro atoms. The van der Waals surface area contributed by atoms with Gasteiger partial charge in [-0.2, -0.15) is 5.10 Å². The molecule has 2 aromatic heterocycles. The van der Waals surface area contributed by atoms with E-state index in [0.29, 0.717) is 6.54 Å². The van der Waals surface area contributed by atoms with Gasteiger partial charge in [0.2, 0.25) is 5.91 Å². The van der Waals surface area contributed by atoms with Crippen LogP contribution in [0.15, 0.2) is 60.9 Å². The summed E-state index contributed by atoms with van der Waals surface area (Å²) in [4.78, 5) is 16.1. The molecule has 0 fully saturated rings. The Morgan fingerprint density at radius 1 is 1.18 bits per heavy atom. The summed E-state index contributed by atoms with van der Waals surface area (Å²) in [6, 6.07) is 16.1. The number of carbonyl (C=O) groups is 1. The zero-order valence-electron chi connectivity index (χ0n) is 16.4. The van der Waals surface area contributed by atoms with E-state index in [1.54, 1.807) is 17.1 Å². The number of hydrogen-bond acceptors (Lipinski definition) is 2. The molecule has 0 saturated carbocycles. The highest BCUT2D eigenvalue weighted by Crippen LogP contribution is 2.32. The Kier molecular flexibility index (Phi) is 4.74. The molecule has 5 heteroatoms. The summed E-state index contributed by atoms with van der Waals surface area (Å²) in [6.07, 6.45) is 3.48. The van der Waals surface area contributed by atoms with Gasteiger partial charge in [-0.15, -0.1) is 0 Å². The maximum Gasteiger partial charge on any atom is 0.244 e. The van der Waals surface area contributed by atoms with Gasteiger partial charge >= 0.3 is 0 Å². The molecule has 4 rings (SSSR count). The Balaban J connectivity index is 1.65. The smallest absolute Gasteiger partial charge is 0.244 e. The number of fused-ring (bicyclic) bond motifs is 1. The average molecular weight is 372 g/mol. The zero-order valence-corrected chi connectivity index (χ0v) is 16.4. The van der Waals surface area contributed by atoms with Crippen molar-refractivity contribution in [3.63, 3.8) is 0 Å². The molecule has 5 nitrogen and oxygen atoms in total. The molecular formula is C23H24N4O. The van der Waals surface area contributed by atoms with Crippen molar-refractivity contribution in [2.45, 2.75) is 33.4 Å². The van der Waals surface area contributed by atoms with E-state index >= 15 is 0 Å². The van der Waals surface area contributed by atoms with Crippen LogP contribution in [-0.4, -0.2) is 20.7 Å². The zero-order chi connectivity index (χ0) is 19.7. The van der Waals surface area contributed by atoms with Crippen LogP contribution in [0.4, 0.5) is 0 Å². The van der Waals surface area contributed by atoms with E-state index in [2.05, 4.69) is 53.5 Å². The lowest BCUT2D eigenvalue weighted by Crippen LogP contribution is -2.30. The topological polar surface area (TPSA) is 62.7 Å². The van der Waals surface area contributed by atoms with Gasteiger partial charge in [0.25, 0.3) is 0 Å². The highest BCUT2D eigenvalue weighted by molar-refractivity contribution is 5.93. The van der Waals surface area contributed by atoms with Gasteiger partial charge in [0.05, 0.1) is 5.52 Å². The van der Waals surface area contributed by atoms with Gasteiger partial charge in [-0.3, -0.25) is 9.48 Å². The van der Waals surface area contributed by atoms with Crippen molar-refractivity contribution < 1.29 is 4.79 Å². The van der Waals surface area contributed by atoms with Crippen molar-refractivity contribution in [1.82, 2.24) is 20.1 Å². The Bertz CT molecular complexity index is 1110. The van der Waals surface area contributed by atoms with Crippen molar-refractivity contribution in [1.29, 1.82) is 0 Å². The molecule has 2 N–H and O–H groups in total. The van der Waals surface area contributed by atoms with E-state index in [4.69, 9.17) is 0 Å². The maximum atomic E-state index is 12.5. The molecule has 2 aromatic carbocycles. The van der Waals surface area contributed by atoms with E-state index in [0.717, 1.165) is 22.3 Å². The molecule has 28 heavy (non-hydrogen) atoms. The van der Waals surface area contributed by atoms with Crippen molar-refractivity contribution in [3.8, 4) is 11.3 Å². The number of nitrogens with one attached hydrogen (secondary N) is 2. The first kappa shape index (κ1) is 18.0. The summed E-state index contributed by atoms with van der Waals surface area (Å²) in [5.41, 5.74) is 6.85. The number of rotatable bonds is 5. The molecular weight excluding hydrogens is 348 g/mol. The van der Waals surface area contributed by atoms with E-state index in [1.165, 1.54) is 16.5 Å². The molecule has 0 unspecified atom stereocenters. The van der Waals surface area contributed by atoms with Gasteiger partial charge in [0.1, 0.15) is 6.04 Å². The number of H-pyrrole nitrogens is 1. The lowest BCUT2D eigenvalue weighted by Gasteiger charge is -2.13. The van der Waals surface area contributed by atoms with Crippen LogP contribution in [0.5, 0.6) is 0 Å². The second-order valence-electron chi connectivity index (χ2n) is 7.22. The number of aromatic nitrogens is 3. The van der Waals surface area contributed by atoms with Crippen LogP contribution >= 0.6 is 0 Å². The number of carbonyl (C=O) groups excluding carboxylic acids is 1. The van der Waals surface area contributed by atoms with E-state index in [9.17, 15) is 4.79 Å². The first-order valence-electron chi connectivity index (χ1n) is 9.48. The molecule has 0 bridgehead atoms. The SMILES string of the molecule is Cc1cc(CNC(=O)[C@H](C)n2cccn2)c2[nH]c(-c3ccccc3)c(C)c2c1. The largest absolute Gasteiger partial charge is 0.354 e. The number of aromatic amines is 1. The molecule has 0 saturated heterocycles. The number of benzene rings is 2. The minimum absolute atomic E-state index is 0.0510. The van der Waals surface area contributed by atoms with Crippen LogP contribution in [0.1, 0.15) is 29.7 Å². The van der Waals surface area contributed by atoms with Gasteiger partial charge in [0, 0.05) is 30.0 Å². The van der Waals surface area contributed by atoms with Gasteiger partial charge in [-0.1, -0.05) is 42.0 Å². The lowest BCUT2D eigenvalue weighted by atomic mass is 10.0. The molecule has 142 valence electrons.